The molecule has 0 spiro atoms. The van der Waals surface area contributed by atoms with Crippen LogP contribution >= 0.6 is 0 Å². The number of amides is 1. The Morgan fingerprint density at radius 3 is 2.44 bits per heavy atom. The Balaban J connectivity index is 1.89. The first-order chi connectivity index (χ1) is 8.59. The van der Waals surface area contributed by atoms with E-state index < -0.39 is 0 Å². The molecule has 1 aliphatic carbocycles. The van der Waals surface area contributed by atoms with E-state index in [4.69, 9.17) is 0 Å². The molecule has 104 valence electrons. The summed E-state index contributed by atoms with van der Waals surface area (Å²) in [5.74, 6) is 0.671. The van der Waals surface area contributed by atoms with Crippen molar-refractivity contribution in [2.45, 2.75) is 64.0 Å². The molecule has 0 aromatic carbocycles. The third-order valence-corrected chi connectivity index (χ3v) is 5.03. The molecule has 2 unspecified atom stereocenters. The second-order valence-electron chi connectivity index (χ2n) is 6.29. The van der Waals surface area contributed by atoms with E-state index >= 15 is 0 Å². The van der Waals surface area contributed by atoms with Gasteiger partial charge in [0.05, 0.1) is 0 Å². The van der Waals surface area contributed by atoms with Crippen LogP contribution in [0.15, 0.2) is 0 Å². The van der Waals surface area contributed by atoms with Crippen LogP contribution in [0.2, 0.25) is 0 Å². The van der Waals surface area contributed by atoms with E-state index in [0.29, 0.717) is 18.0 Å². The van der Waals surface area contributed by atoms with Crippen molar-refractivity contribution >= 4 is 5.91 Å². The van der Waals surface area contributed by atoms with E-state index in [1.54, 1.807) is 0 Å². The first-order valence-electron chi connectivity index (χ1n) is 7.56. The third kappa shape index (κ3) is 3.05. The molecule has 2 atom stereocenters. The van der Waals surface area contributed by atoms with Crippen LogP contribution in [-0.2, 0) is 4.79 Å². The van der Waals surface area contributed by atoms with Crippen LogP contribution in [0.5, 0.6) is 0 Å². The maximum absolute atomic E-state index is 12.6. The van der Waals surface area contributed by atoms with Gasteiger partial charge in [0.1, 0.15) is 0 Å². The summed E-state index contributed by atoms with van der Waals surface area (Å²) in [6.07, 6.45) is 8.44. The predicted molar refractivity (Wildman–Crippen MR) is 74.5 cm³/mol. The molecule has 2 rings (SSSR count). The quantitative estimate of drug-likeness (QED) is 0.754. The molecule has 0 aromatic rings. The summed E-state index contributed by atoms with van der Waals surface area (Å²) in [6.45, 7) is 3.30. The first kappa shape index (κ1) is 13.9. The monoisotopic (exact) mass is 252 g/mol. The lowest BCUT2D eigenvalue weighted by atomic mass is 9.89. The minimum atomic E-state index is 0.267. The van der Waals surface area contributed by atoms with Crippen molar-refractivity contribution < 1.29 is 4.79 Å². The van der Waals surface area contributed by atoms with Crippen LogP contribution in [0.25, 0.3) is 0 Å². The number of piperidine rings is 1. The summed E-state index contributed by atoms with van der Waals surface area (Å²) in [6, 6.07) is 1.06. The van der Waals surface area contributed by atoms with Crippen molar-refractivity contribution in [1.29, 1.82) is 0 Å². The minimum Gasteiger partial charge on any atom is -0.343 e. The van der Waals surface area contributed by atoms with Gasteiger partial charge in [0.2, 0.25) is 5.91 Å². The van der Waals surface area contributed by atoms with Gasteiger partial charge in [-0.15, -0.1) is 0 Å². The Bertz CT molecular complexity index is 282. The molecule has 18 heavy (non-hydrogen) atoms. The van der Waals surface area contributed by atoms with Gasteiger partial charge in [-0.25, -0.2) is 0 Å². The average Bonchev–Trinajstić information content (AvgIpc) is 2.41. The van der Waals surface area contributed by atoms with Crippen molar-refractivity contribution in [3.63, 3.8) is 0 Å². The van der Waals surface area contributed by atoms with E-state index in [2.05, 4.69) is 23.8 Å². The van der Waals surface area contributed by atoms with Crippen molar-refractivity contribution in [3.8, 4) is 0 Å². The van der Waals surface area contributed by atoms with Gasteiger partial charge in [0.25, 0.3) is 0 Å². The molecule has 2 fully saturated rings. The molecule has 1 heterocycles. The largest absolute Gasteiger partial charge is 0.343 e. The molecule has 0 aromatic heterocycles. The molecule has 3 heteroatoms. The minimum absolute atomic E-state index is 0.267. The smallest absolute Gasteiger partial charge is 0.225 e. The second kappa shape index (κ2) is 6.05. The lowest BCUT2D eigenvalue weighted by Crippen LogP contribution is -2.47. The molecule has 0 bridgehead atoms. The van der Waals surface area contributed by atoms with Gasteiger partial charge < -0.3 is 9.80 Å². The SMILES string of the molecule is CC1CC(C(=O)N(C)C2CCCCC2)CCN1C. The van der Waals surface area contributed by atoms with Gasteiger partial charge in [-0.2, -0.15) is 0 Å². The number of hydrogen-bond acceptors (Lipinski definition) is 2. The van der Waals surface area contributed by atoms with Gasteiger partial charge in [-0.3, -0.25) is 4.79 Å². The van der Waals surface area contributed by atoms with Crippen LogP contribution in [0.1, 0.15) is 51.9 Å². The number of carbonyl (C=O) groups is 1. The predicted octanol–water partition coefficient (Wildman–Crippen LogP) is 2.51. The highest BCUT2D eigenvalue weighted by Gasteiger charge is 2.32. The summed E-state index contributed by atoms with van der Waals surface area (Å²) >= 11 is 0. The zero-order chi connectivity index (χ0) is 13.1. The number of nitrogens with zero attached hydrogens (tertiary/aromatic N) is 2. The van der Waals surface area contributed by atoms with Gasteiger partial charge in [-0.1, -0.05) is 19.3 Å². The van der Waals surface area contributed by atoms with E-state index in [1.807, 2.05) is 7.05 Å². The number of likely N-dealkylation sites (tertiary alicyclic amines) is 1. The highest BCUT2D eigenvalue weighted by Crippen LogP contribution is 2.27. The lowest BCUT2D eigenvalue weighted by molar-refractivity contribution is -0.139. The Hall–Kier alpha value is -0.570. The van der Waals surface area contributed by atoms with Crippen molar-refractivity contribution in [1.82, 2.24) is 9.80 Å². The first-order valence-corrected chi connectivity index (χ1v) is 7.56. The van der Waals surface area contributed by atoms with Gasteiger partial charge in [0.15, 0.2) is 0 Å². The summed E-state index contributed by atoms with van der Waals surface area (Å²) in [7, 11) is 4.19. The van der Waals surface area contributed by atoms with Crippen molar-refractivity contribution in [2.24, 2.45) is 5.92 Å². The standard InChI is InChI=1S/C15H28N2O/c1-12-11-13(9-10-16(12)2)15(18)17(3)14-7-5-4-6-8-14/h12-14H,4-11H2,1-3H3. The molecule has 1 saturated heterocycles. The number of carbonyl (C=O) groups excluding carboxylic acids is 1. The van der Waals surface area contributed by atoms with E-state index in [1.165, 1.54) is 32.1 Å². The zero-order valence-corrected chi connectivity index (χ0v) is 12.2. The van der Waals surface area contributed by atoms with Crippen LogP contribution in [0, 0.1) is 5.92 Å². The van der Waals surface area contributed by atoms with Crippen LogP contribution in [0.3, 0.4) is 0 Å². The topological polar surface area (TPSA) is 23.6 Å². The molecule has 3 nitrogen and oxygen atoms in total. The van der Waals surface area contributed by atoms with Crippen molar-refractivity contribution in [3.05, 3.63) is 0 Å². The molecule has 1 aliphatic heterocycles. The Labute approximate surface area is 112 Å². The fourth-order valence-corrected chi connectivity index (χ4v) is 3.45. The summed E-state index contributed by atoms with van der Waals surface area (Å²) in [4.78, 5) is 17.0. The van der Waals surface area contributed by atoms with Gasteiger partial charge in [-0.05, 0) is 46.2 Å². The van der Waals surface area contributed by atoms with Crippen molar-refractivity contribution in [2.75, 3.05) is 20.6 Å². The number of rotatable bonds is 2. The average molecular weight is 252 g/mol. The van der Waals surface area contributed by atoms with E-state index in [0.717, 1.165) is 19.4 Å². The molecule has 2 aliphatic rings. The maximum atomic E-state index is 12.6. The normalized spacial score (nSPS) is 31.3. The van der Waals surface area contributed by atoms with Gasteiger partial charge >= 0.3 is 0 Å². The highest BCUT2D eigenvalue weighted by atomic mass is 16.2. The lowest BCUT2D eigenvalue weighted by Gasteiger charge is -2.38. The molecular weight excluding hydrogens is 224 g/mol. The molecule has 0 N–H and O–H groups in total. The zero-order valence-electron chi connectivity index (χ0n) is 12.2. The Morgan fingerprint density at radius 2 is 1.83 bits per heavy atom. The molecule has 0 radical (unpaired) electrons. The fraction of sp³-hybridized carbons (Fsp3) is 0.933. The van der Waals surface area contributed by atoms with E-state index in [-0.39, 0.29) is 5.92 Å². The second-order valence-corrected chi connectivity index (χ2v) is 6.29. The van der Waals surface area contributed by atoms with Gasteiger partial charge in [0, 0.05) is 25.0 Å². The van der Waals surface area contributed by atoms with Crippen LogP contribution in [0.4, 0.5) is 0 Å². The summed E-state index contributed by atoms with van der Waals surface area (Å²) in [5.41, 5.74) is 0. The highest BCUT2D eigenvalue weighted by molar-refractivity contribution is 5.79. The molecular formula is C15H28N2O. The number of hydrogen-bond donors (Lipinski definition) is 0. The summed E-state index contributed by atoms with van der Waals surface area (Å²) in [5, 5.41) is 0. The molecule has 1 amide bonds. The maximum Gasteiger partial charge on any atom is 0.225 e. The van der Waals surface area contributed by atoms with Crippen LogP contribution < -0.4 is 0 Å². The van der Waals surface area contributed by atoms with E-state index in [9.17, 15) is 4.79 Å². The molecule has 1 saturated carbocycles. The Morgan fingerprint density at radius 1 is 1.17 bits per heavy atom. The summed E-state index contributed by atoms with van der Waals surface area (Å²) < 4.78 is 0. The third-order valence-electron chi connectivity index (χ3n) is 5.03. The Kier molecular flexibility index (Phi) is 4.66. The van der Waals surface area contributed by atoms with Crippen LogP contribution in [-0.4, -0.2) is 48.4 Å². The fourth-order valence-electron chi connectivity index (χ4n) is 3.45.